The molecule has 0 spiro atoms. The van der Waals surface area contributed by atoms with Crippen LogP contribution in [-0.4, -0.2) is 28.1 Å². The maximum absolute atomic E-state index is 12.5. The van der Waals surface area contributed by atoms with Crippen molar-refractivity contribution in [3.05, 3.63) is 60.3 Å². The Morgan fingerprint density at radius 1 is 1.23 bits per heavy atom. The number of amides is 1. The van der Waals surface area contributed by atoms with Gasteiger partial charge in [-0.1, -0.05) is 35.6 Å². The van der Waals surface area contributed by atoms with Crippen molar-refractivity contribution in [3.63, 3.8) is 0 Å². The summed E-state index contributed by atoms with van der Waals surface area (Å²) in [7, 11) is 0. The van der Waals surface area contributed by atoms with Gasteiger partial charge in [0.05, 0.1) is 10.2 Å². The zero-order valence-electron chi connectivity index (χ0n) is 16.7. The SMILES string of the molecule is CC1(C)Cc2cccc(OCC(=O)Nc3nc4c(-c5ccc[nH]5)cccc4s3)c2O1. The maximum atomic E-state index is 12.5. The molecule has 6 nitrogen and oxygen atoms in total. The second kappa shape index (κ2) is 7.18. The number of anilines is 1. The van der Waals surface area contributed by atoms with Crippen molar-refractivity contribution in [2.24, 2.45) is 0 Å². The van der Waals surface area contributed by atoms with Crippen molar-refractivity contribution < 1.29 is 14.3 Å². The fraction of sp³-hybridized carbons (Fsp3) is 0.217. The molecule has 3 heterocycles. The number of carbonyl (C=O) groups is 1. The molecule has 1 amide bonds. The van der Waals surface area contributed by atoms with E-state index in [9.17, 15) is 4.79 Å². The third-order valence-electron chi connectivity index (χ3n) is 4.97. The predicted octanol–water partition coefficient (Wildman–Crippen LogP) is 5.02. The van der Waals surface area contributed by atoms with Gasteiger partial charge in [-0.15, -0.1) is 0 Å². The van der Waals surface area contributed by atoms with Crippen molar-refractivity contribution in [1.82, 2.24) is 9.97 Å². The number of carbonyl (C=O) groups excluding carboxylic acids is 1. The van der Waals surface area contributed by atoms with Crippen LogP contribution in [0.5, 0.6) is 11.5 Å². The summed E-state index contributed by atoms with van der Waals surface area (Å²) >= 11 is 1.44. The number of H-pyrrole nitrogens is 1. The van der Waals surface area contributed by atoms with Crippen LogP contribution < -0.4 is 14.8 Å². The number of ether oxygens (including phenoxy) is 2. The zero-order valence-corrected chi connectivity index (χ0v) is 17.5. The molecule has 1 aliphatic rings. The second-order valence-electron chi connectivity index (χ2n) is 7.87. The van der Waals surface area contributed by atoms with Crippen LogP contribution in [0.2, 0.25) is 0 Å². The third-order valence-corrected chi connectivity index (χ3v) is 5.90. The predicted molar refractivity (Wildman–Crippen MR) is 118 cm³/mol. The molecule has 7 heteroatoms. The molecule has 0 atom stereocenters. The minimum atomic E-state index is -0.262. The number of aromatic nitrogens is 2. The first-order chi connectivity index (χ1) is 14.5. The van der Waals surface area contributed by atoms with E-state index in [4.69, 9.17) is 9.47 Å². The number of fused-ring (bicyclic) bond motifs is 2. The third kappa shape index (κ3) is 3.52. The summed E-state index contributed by atoms with van der Waals surface area (Å²) in [5.41, 5.74) is 3.69. The van der Waals surface area contributed by atoms with E-state index in [1.54, 1.807) is 0 Å². The fourth-order valence-corrected chi connectivity index (χ4v) is 4.63. The minimum Gasteiger partial charge on any atom is -0.483 e. The Morgan fingerprint density at radius 3 is 2.93 bits per heavy atom. The van der Waals surface area contributed by atoms with Crippen LogP contribution in [0.25, 0.3) is 21.5 Å². The van der Waals surface area contributed by atoms with Gasteiger partial charge in [0.1, 0.15) is 5.60 Å². The monoisotopic (exact) mass is 419 g/mol. The average molecular weight is 420 g/mol. The first-order valence-corrected chi connectivity index (χ1v) is 10.6. The molecule has 0 radical (unpaired) electrons. The summed E-state index contributed by atoms with van der Waals surface area (Å²) in [4.78, 5) is 20.3. The Labute approximate surface area is 177 Å². The van der Waals surface area contributed by atoms with Gasteiger partial charge in [0.15, 0.2) is 23.2 Å². The number of rotatable bonds is 5. The number of benzene rings is 2. The summed E-state index contributed by atoms with van der Waals surface area (Å²) in [6.45, 7) is 3.97. The Kier molecular flexibility index (Phi) is 4.47. The van der Waals surface area contributed by atoms with E-state index < -0.39 is 0 Å². The largest absolute Gasteiger partial charge is 0.483 e. The highest BCUT2D eigenvalue weighted by molar-refractivity contribution is 7.22. The molecule has 0 saturated carbocycles. The van der Waals surface area contributed by atoms with Crippen molar-refractivity contribution >= 4 is 32.6 Å². The van der Waals surface area contributed by atoms with Crippen LogP contribution in [0, 0.1) is 0 Å². The first-order valence-electron chi connectivity index (χ1n) is 9.75. The van der Waals surface area contributed by atoms with Crippen molar-refractivity contribution in [2.75, 3.05) is 11.9 Å². The molecule has 0 bridgehead atoms. The Hall–Kier alpha value is -3.32. The number of thiazole rings is 1. The number of hydrogen-bond acceptors (Lipinski definition) is 5. The van der Waals surface area contributed by atoms with Crippen LogP contribution in [-0.2, 0) is 11.2 Å². The quantitative estimate of drug-likeness (QED) is 0.476. The molecule has 0 unspecified atom stereocenters. The molecule has 4 aromatic rings. The number of para-hydroxylation sites is 2. The van der Waals surface area contributed by atoms with Gasteiger partial charge in [0.2, 0.25) is 0 Å². The van der Waals surface area contributed by atoms with Gasteiger partial charge in [-0.2, -0.15) is 0 Å². The van der Waals surface area contributed by atoms with E-state index in [0.717, 1.165) is 39.2 Å². The molecule has 1 aliphatic heterocycles. The lowest BCUT2D eigenvalue weighted by Crippen LogP contribution is -2.25. The summed E-state index contributed by atoms with van der Waals surface area (Å²) in [6, 6.07) is 15.7. The van der Waals surface area contributed by atoms with E-state index in [1.165, 1.54) is 11.3 Å². The lowest BCUT2D eigenvalue weighted by Gasteiger charge is -2.18. The molecule has 30 heavy (non-hydrogen) atoms. The van der Waals surface area contributed by atoms with Gasteiger partial charge in [-0.05, 0) is 38.1 Å². The van der Waals surface area contributed by atoms with Crippen molar-refractivity contribution in [3.8, 4) is 22.8 Å². The Morgan fingerprint density at radius 2 is 2.10 bits per heavy atom. The highest BCUT2D eigenvalue weighted by Gasteiger charge is 2.32. The molecule has 2 N–H and O–H groups in total. The number of aromatic amines is 1. The summed E-state index contributed by atoms with van der Waals surface area (Å²) < 4.78 is 12.8. The number of hydrogen-bond donors (Lipinski definition) is 2. The van der Waals surface area contributed by atoms with Crippen molar-refractivity contribution in [2.45, 2.75) is 25.9 Å². The van der Waals surface area contributed by atoms with Crippen LogP contribution in [0.4, 0.5) is 5.13 Å². The van der Waals surface area contributed by atoms with E-state index in [0.29, 0.717) is 10.9 Å². The first kappa shape index (κ1) is 18.7. The molecule has 2 aromatic carbocycles. The highest BCUT2D eigenvalue weighted by atomic mass is 32.1. The maximum Gasteiger partial charge on any atom is 0.264 e. The van der Waals surface area contributed by atoms with Gasteiger partial charge in [-0.25, -0.2) is 4.98 Å². The van der Waals surface area contributed by atoms with Crippen LogP contribution in [0.15, 0.2) is 54.7 Å². The molecule has 152 valence electrons. The summed E-state index contributed by atoms with van der Waals surface area (Å²) in [6.07, 6.45) is 2.70. The molecular formula is C23H21N3O3S. The highest BCUT2D eigenvalue weighted by Crippen LogP contribution is 2.41. The topological polar surface area (TPSA) is 76.2 Å². The smallest absolute Gasteiger partial charge is 0.264 e. The van der Waals surface area contributed by atoms with E-state index in [-0.39, 0.29) is 18.1 Å². The lowest BCUT2D eigenvalue weighted by atomic mass is 10.0. The standard InChI is InChI=1S/C23H21N3O3S/c1-23(2)12-14-6-3-9-17(21(14)29-23)28-13-19(27)25-22-26-20-15(16-8-5-11-24-16)7-4-10-18(20)30-22/h3-11,24H,12-13H2,1-2H3,(H,25,26,27). The van der Waals surface area contributed by atoms with Crippen molar-refractivity contribution in [1.29, 1.82) is 0 Å². The molecule has 5 rings (SSSR count). The zero-order chi connectivity index (χ0) is 20.7. The van der Waals surface area contributed by atoms with Crippen LogP contribution in [0.3, 0.4) is 0 Å². The number of nitrogens with zero attached hydrogens (tertiary/aromatic N) is 1. The minimum absolute atomic E-state index is 0.111. The lowest BCUT2D eigenvalue weighted by molar-refractivity contribution is -0.118. The molecular weight excluding hydrogens is 398 g/mol. The van der Waals surface area contributed by atoms with E-state index >= 15 is 0 Å². The molecule has 2 aromatic heterocycles. The summed E-state index contributed by atoms with van der Waals surface area (Å²) in [5, 5.41) is 3.40. The van der Waals surface area contributed by atoms with Gasteiger partial charge < -0.3 is 14.5 Å². The van der Waals surface area contributed by atoms with Gasteiger partial charge in [-0.3, -0.25) is 10.1 Å². The summed E-state index contributed by atoms with van der Waals surface area (Å²) in [5.74, 6) is 1.06. The van der Waals surface area contributed by atoms with Gasteiger partial charge in [0.25, 0.3) is 5.91 Å². The second-order valence-corrected chi connectivity index (χ2v) is 8.91. The Balaban J connectivity index is 1.30. The number of nitrogens with one attached hydrogen (secondary N) is 2. The van der Waals surface area contributed by atoms with E-state index in [1.807, 2.05) is 68.6 Å². The molecule has 0 saturated heterocycles. The van der Waals surface area contributed by atoms with Gasteiger partial charge in [0, 0.05) is 29.4 Å². The molecule has 0 fully saturated rings. The fourth-order valence-electron chi connectivity index (χ4n) is 3.72. The Bertz CT molecular complexity index is 1230. The normalized spacial score (nSPS) is 14.3. The van der Waals surface area contributed by atoms with E-state index in [2.05, 4.69) is 15.3 Å². The van der Waals surface area contributed by atoms with Crippen LogP contribution in [0.1, 0.15) is 19.4 Å². The average Bonchev–Trinajstić information content (AvgIpc) is 3.42. The van der Waals surface area contributed by atoms with Gasteiger partial charge >= 0.3 is 0 Å². The molecule has 0 aliphatic carbocycles. The van der Waals surface area contributed by atoms with Crippen LogP contribution >= 0.6 is 11.3 Å².